The molecular formula is C17H22N2O3. The van der Waals surface area contributed by atoms with E-state index < -0.39 is 12.1 Å². The van der Waals surface area contributed by atoms with Crippen molar-refractivity contribution in [1.29, 1.82) is 0 Å². The maximum absolute atomic E-state index is 12.1. The van der Waals surface area contributed by atoms with Gasteiger partial charge in [0, 0.05) is 18.1 Å². The molecule has 1 aromatic carbocycles. The molecule has 0 aliphatic rings. The molecule has 1 heterocycles. The molecule has 0 amide bonds. The van der Waals surface area contributed by atoms with Crippen molar-refractivity contribution in [3.63, 3.8) is 0 Å². The number of aromatic nitrogens is 1. The van der Waals surface area contributed by atoms with Gasteiger partial charge < -0.3 is 15.2 Å². The molecule has 0 aliphatic heterocycles. The van der Waals surface area contributed by atoms with Gasteiger partial charge in [-0.3, -0.25) is 4.98 Å². The van der Waals surface area contributed by atoms with Gasteiger partial charge in [-0.15, -0.1) is 0 Å². The number of aryl methyl sites for hydroxylation is 2. The maximum Gasteiger partial charge on any atom is 0.341 e. The van der Waals surface area contributed by atoms with Crippen molar-refractivity contribution in [2.75, 3.05) is 18.5 Å². The zero-order chi connectivity index (χ0) is 16.3. The van der Waals surface area contributed by atoms with Gasteiger partial charge in [0.05, 0.1) is 23.9 Å². The highest BCUT2D eigenvalue weighted by Gasteiger charge is 2.18. The number of nitrogens with zero attached hydrogens (tertiary/aromatic N) is 1. The summed E-state index contributed by atoms with van der Waals surface area (Å²) in [6, 6.07) is 3.94. The molecule has 22 heavy (non-hydrogen) atoms. The number of benzene rings is 1. The van der Waals surface area contributed by atoms with E-state index in [4.69, 9.17) is 4.74 Å². The SMILES string of the molecule is CCOC(=O)c1cnc2c(C)c(C)ccc2c1NC[C@H](C)O. The lowest BCUT2D eigenvalue weighted by atomic mass is 10.0. The first-order chi connectivity index (χ1) is 10.5. The zero-order valence-corrected chi connectivity index (χ0v) is 13.4. The molecule has 0 saturated carbocycles. The Morgan fingerprint density at radius 3 is 2.77 bits per heavy atom. The van der Waals surface area contributed by atoms with Crippen molar-refractivity contribution < 1.29 is 14.6 Å². The number of aliphatic hydroxyl groups excluding tert-OH is 1. The summed E-state index contributed by atoms with van der Waals surface area (Å²) in [5, 5.41) is 13.5. The van der Waals surface area contributed by atoms with Crippen molar-refractivity contribution in [3.8, 4) is 0 Å². The molecule has 0 unspecified atom stereocenters. The van der Waals surface area contributed by atoms with Gasteiger partial charge in [0.25, 0.3) is 0 Å². The van der Waals surface area contributed by atoms with Gasteiger partial charge in [-0.25, -0.2) is 4.79 Å². The van der Waals surface area contributed by atoms with E-state index >= 15 is 0 Å². The Morgan fingerprint density at radius 1 is 1.41 bits per heavy atom. The molecule has 1 aromatic heterocycles. The number of carbonyl (C=O) groups is 1. The summed E-state index contributed by atoms with van der Waals surface area (Å²) in [4.78, 5) is 16.6. The van der Waals surface area contributed by atoms with Gasteiger partial charge in [-0.05, 0) is 38.8 Å². The number of aliphatic hydroxyl groups is 1. The summed E-state index contributed by atoms with van der Waals surface area (Å²) in [6.07, 6.45) is 1.02. The van der Waals surface area contributed by atoms with Crippen LogP contribution in [0, 0.1) is 13.8 Å². The molecule has 1 atom stereocenters. The standard InChI is InChI=1S/C17H22N2O3/c1-5-22-17(21)14-9-19-15-12(4)10(2)6-7-13(15)16(14)18-8-11(3)20/h6-7,9,11,20H,5,8H2,1-4H3,(H,18,19)/t11-/m0/s1. The third-order valence-electron chi connectivity index (χ3n) is 3.63. The molecular weight excluding hydrogens is 280 g/mol. The van der Waals surface area contributed by atoms with Gasteiger partial charge in [0.1, 0.15) is 5.56 Å². The van der Waals surface area contributed by atoms with E-state index in [-0.39, 0.29) is 0 Å². The smallest absolute Gasteiger partial charge is 0.341 e. The summed E-state index contributed by atoms with van der Waals surface area (Å²) in [7, 11) is 0. The Labute approximate surface area is 130 Å². The number of esters is 1. The number of hydrogen-bond donors (Lipinski definition) is 2. The van der Waals surface area contributed by atoms with Crippen LogP contribution >= 0.6 is 0 Å². The van der Waals surface area contributed by atoms with E-state index in [2.05, 4.69) is 10.3 Å². The Morgan fingerprint density at radius 2 is 2.14 bits per heavy atom. The summed E-state index contributed by atoms with van der Waals surface area (Å²) >= 11 is 0. The molecule has 2 N–H and O–H groups in total. The highest BCUT2D eigenvalue weighted by atomic mass is 16.5. The minimum Gasteiger partial charge on any atom is -0.462 e. The minimum atomic E-state index is -0.523. The average Bonchev–Trinajstić information content (AvgIpc) is 2.48. The van der Waals surface area contributed by atoms with Gasteiger partial charge in [-0.2, -0.15) is 0 Å². The fourth-order valence-electron chi connectivity index (χ4n) is 2.31. The average molecular weight is 302 g/mol. The second-order valence-electron chi connectivity index (χ2n) is 5.40. The molecule has 0 spiro atoms. The van der Waals surface area contributed by atoms with Crippen molar-refractivity contribution in [2.24, 2.45) is 0 Å². The van der Waals surface area contributed by atoms with Gasteiger partial charge >= 0.3 is 5.97 Å². The van der Waals surface area contributed by atoms with Crippen molar-refractivity contribution >= 4 is 22.6 Å². The van der Waals surface area contributed by atoms with Crippen LogP contribution < -0.4 is 5.32 Å². The lowest BCUT2D eigenvalue weighted by Gasteiger charge is -2.16. The Kier molecular flexibility index (Phi) is 4.98. The third kappa shape index (κ3) is 3.20. The first-order valence-corrected chi connectivity index (χ1v) is 7.43. The van der Waals surface area contributed by atoms with Gasteiger partial charge in [-0.1, -0.05) is 12.1 Å². The second-order valence-corrected chi connectivity index (χ2v) is 5.40. The monoisotopic (exact) mass is 302 g/mol. The fourth-order valence-corrected chi connectivity index (χ4v) is 2.31. The number of fused-ring (bicyclic) bond motifs is 1. The number of pyridine rings is 1. The summed E-state index contributed by atoms with van der Waals surface area (Å²) in [5.74, 6) is -0.414. The van der Waals surface area contributed by atoms with Crippen LogP contribution in [0.4, 0.5) is 5.69 Å². The van der Waals surface area contributed by atoms with Crippen LogP contribution in [0.15, 0.2) is 18.3 Å². The molecule has 0 saturated heterocycles. The summed E-state index contributed by atoms with van der Waals surface area (Å²) < 4.78 is 5.10. The summed E-state index contributed by atoms with van der Waals surface area (Å²) in [5.41, 5.74) is 4.12. The second kappa shape index (κ2) is 6.75. The molecule has 0 radical (unpaired) electrons. The minimum absolute atomic E-state index is 0.305. The van der Waals surface area contributed by atoms with Crippen LogP contribution in [0.25, 0.3) is 10.9 Å². The molecule has 2 aromatic rings. The van der Waals surface area contributed by atoms with Crippen LogP contribution in [0.3, 0.4) is 0 Å². The van der Waals surface area contributed by atoms with Gasteiger partial charge in [0.15, 0.2) is 0 Å². The number of anilines is 1. The van der Waals surface area contributed by atoms with Crippen LogP contribution in [0.2, 0.25) is 0 Å². The van der Waals surface area contributed by atoms with Crippen LogP contribution in [0.5, 0.6) is 0 Å². The lowest BCUT2D eigenvalue weighted by molar-refractivity contribution is 0.0527. The summed E-state index contributed by atoms with van der Waals surface area (Å²) in [6.45, 7) is 8.14. The van der Waals surface area contributed by atoms with Crippen LogP contribution in [-0.4, -0.2) is 35.3 Å². The number of ether oxygens (including phenoxy) is 1. The van der Waals surface area contributed by atoms with E-state index in [1.54, 1.807) is 13.8 Å². The normalized spacial score (nSPS) is 12.2. The maximum atomic E-state index is 12.1. The molecule has 5 nitrogen and oxygen atoms in total. The van der Waals surface area contributed by atoms with E-state index in [1.165, 1.54) is 6.20 Å². The largest absolute Gasteiger partial charge is 0.462 e. The predicted octanol–water partition coefficient (Wildman–Crippen LogP) is 2.82. The van der Waals surface area contributed by atoms with E-state index in [9.17, 15) is 9.90 Å². The lowest BCUT2D eigenvalue weighted by Crippen LogP contribution is -2.18. The number of nitrogens with one attached hydrogen (secondary N) is 1. The van der Waals surface area contributed by atoms with E-state index in [0.29, 0.717) is 24.4 Å². The van der Waals surface area contributed by atoms with Crippen molar-refractivity contribution in [1.82, 2.24) is 4.98 Å². The first-order valence-electron chi connectivity index (χ1n) is 7.43. The van der Waals surface area contributed by atoms with Crippen LogP contribution in [0.1, 0.15) is 35.3 Å². The molecule has 5 heteroatoms. The Bertz CT molecular complexity index is 696. The van der Waals surface area contributed by atoms with Crippen LogP contribution in [-0.2, 0) is 4.74 Å². The fraction of sp³-hybridized carbons (Fsp3) is 0.412. The van der Waals surface area contributed by atoms with E-state index in [0.717, 1.165) is 22.0 Å². The highest BCUT2D eigenvalue weighted by molar-refractivity contribution is 6.05. The Hall–Kier alpha value is -2.14. The molecule has 0 aliphatic carbocycles. The third-order valence-corrected chi connectivity index (χ3v) is 3.63. The molecule has 118 valence electrons. The zero-order valence-electron chi connectivity index (χ0n) is 13.4. The van der Waals surface area contributed by atoms with Gasteiger partial charge in [0.2, 0.25) is 0 Å². The predicted molar refractivity (Wildman–Crippen MR) is 87.3 cm³/mol. The Balaban J connectivity index is 2.61. The quantitative estimate of drug-likeness (QED) is 0.831. The van der Waals surface area contributed by atoms with E-state index in [1.807, 2.05) is 26.0 Å². The molecule has 0 bridgehead atoms. The number of hydrogen-bond acceptors (Lipinski definition) is 5. The van der Waals surface area contributed by atoms with Crippen molar-refractivity contribution in [3.05, 3.63) is 35.0 Å². The molecule has 0 fully saturated rings. The first kappa shape index (κ1) is 16.2. The number of carbonyl (C=O) groups excluding carboxylic acids is 1. The topological polar surface area (TPSA) is 71.5 Å². The molecule has 2 rings (SSSR count). The number of rotatable bonds is 5. The highest BCUT2D eigenvalue weighted by Crippen LogP contribution is 2.29. The van der Waals surface area contributed by atoms with Crippen molar-refractivity contribution in [2.45, 2.75) is 33.8 Å².